The molecule has 6 aromatic rings. The molecule has 2 amide bonds. The predicted molar refractivity (Wildman–Crippen MR) is 251 cm³/mol. The van der Waals surface area contributed by atoms with Gasteiger partial charge in [-0.2, -0.15) is 10.2 Å². The summed E-state index contributed by atoms with van der Waals surface area (Å²) in [6, 6.07) is 25.8. The molecular weight excluding hydrogens is 797 g/mol. The van der Waals surface area contributed by atoms with Gasteiger partial charge in [-0.05, 0) is 92.6 Å². The molecule has 4 aromatic carbocycles. The van der Waals surface area contributed by atoms with Gasteiger partial charge < -0.3 is 20.9 Å². The molecule has 15 heteroatoms. The van der Waals surface area contributed by atoms with Crippen molar-refractivity contribution in [3.05, 3.63) is 96.3 Å². The van der Waals surface area contributed by atoms with Crippen LogP contribution in [-0.2, 0) is 9.59 Å². The number of carbonyl (C=O) groups is 2. The number of aromatic nitrogens is 6. The van der Waals surface area contributed by atoms with Crippen LogP contribution in [0.15, 0.2) is 90.3 Å². The lowest BCUT2D eigenvalue weighted by molar-refractivity contribution is -0.123. The molecule has 2 aromatic heterocycles. The van der Waals surface area contributed by atoms with Crippen LogP contribution >= 0.6 is 11.8 Å². The quantitative estimate of drug-likeness (QED) is 0.143. The number of benzene rings is 4. The van der Waals surface area contributed by atoms with Crippen LogP contribution in [0.2, 0.25) is 0 Å². The monoisotopic (exact) mass is 856 g/mol. The molecule has 2 saturated heterocycles. The number of anilines is 1. The maximum absolute atomic E-state index is 12.0. The van der Waals surface area contributed by atoms with Gasteiger partial charge in [0.2, 0.25) is 22.9 Å². The normalized spacial score (nSPS) is 14.6. The minimum Gasteiger partial charge on any atom is -0.353 e. The molecule has 0 bridgehead atoms. The third-order valence-electron chi connectivity index (χ3n) is 10.5. The van der Waals surface area contributed by atoms with Gasteiger partial charge in [0, 0.05) is 75.6 Å². The summed E-state index contributed by atoms with van der Waals surface area (Å²) >= 11 is 1.50. The number of rotatable bonds is 10. The van der Waals surface area contributed by atoms with Gasteiger partial charge in [-0.1, -0.05) is 72.4 Å². The zero-order valence-electron chi connectivity index (χ0n) is 37.1. The molecule has 0 atom stereocenters. The van der Waals surface area contributed by atoms with E-state index in [-0.39, 0.29) is 23.9 Å². The Hall–Kier alpha value is -5.61. The number of nitrogens with one attached hydrogen (secondary N) is 3. The molecule has 2 fully saturated rings. The molecule has 0 spiro atoms. The first-order chi connectivity index (χ1) is 29.9. The predicted octanol–water partition coefficient (Wildman–Crippen LogP) is 5.79. The number of piperazine rings is 2. The van der Waals surface area contributed by atoms with Crippen LogP contribution in [-0.4, -0.2) is 136 Å². The molecule has 0 aliphatic carbocycles. The Morgan fingerprint density at radius 3 is 1.58 bits per heavy atom. The van der Waals surface area contributed by atoms with E-state index in [0.717, 1.165) is 74.9 Å². The number of thioether (sulfide) groups is 1. The van der Waals surface area contributed by atoms with E-state index in [0.29, 0.717) is 24.2 Å². The van der Waals surface area contributed by atoms with Gasteiger partial charge in [0.15, 0.2) is 0 Å². The third-order valence-corrected chi connectivity index (χ3v) is 11.0. The van der Waals surface area contributed by atoms with Crippen molar-refractivity contribution >= 4 is 51.1 Å². The van der Waals surface area contributed by atoms with Crippen LogP contribution in [0.3, 0.4) is 0 Å². The van der Waals surface area contributed by atoms with Gasteiger partial charge in [0.25, 0.3) is 0 Å². The summed E-state index contributed by atoms with van der Waals surface area (Å²) < 4.78 is 0. The first-order valence-corrected chi connectivity index (χ1v) is 22.6. The van der Waals surface area contributed by atoms with E-state index in [2.05, 4.69) is 131 Å². The van der Waals surface area contributed by atoms with Gasteiger partial charge in [0.1, 0.15) is 0 Å². The fraction of sp³-hybridized carbons (Fsp3) is 0.404. The van der Waals surface area contributed by atoms with Crippen molar-refractivity contribution in [1.29, 1.82) is 0 Å². The summed E-state index contributed by atoms with van der Waals surface area (Å²) in [7, 11) is 0. The summed E-state index contributed by atoms with van der Waals surface area (Å²) in [5.41, 5.74) is 6.27. The minimum absolute atomic E-state index is 0.0742. The molecule has 0 radical (unpaired) electrons. The number of amides is 2. The van der Waals surface area contributed by atoms with E-state index in [1.54, 1.807) is 12.4 Å². The molecule has 326 valence electrons. The second kappa shape index (κ2) is 22.5. The molecule has 8 rings (SSSR count). The van der Waals surface area contributed by atoms with E-state index in [1.807, 2.05) is 46.1 Å². The van der Waals surface area contributed by atoms with Gasteiger partial charge in [0.05, 0.1) is 36.9 Å². The lowest BCUT2D eigenvalue weighted by atomic mass is 10.00. The number of hydrogen-bond donors (Lipinski definition) is 3. The second-order valence-corrected chi connectivity index (χ2v) is 17.0. The van der Waals surface area contributed by atoms with Crippen LogP contribution in [0.5, 0.6) is 0 Å². The SMILES string of the molecule is CC(C)NC(=O)CN1CCNCC1.CSc1nncc(-c2cc3ccccc3cc2C)n1.Cc1cc2ccccc2cc1-c1cnnc(N2CCN(CC(=O)NC(C)C)CC2)n1. The molecule has 2 aliphatic rings. The van der Waals surface area contributed by atoms with Crippen molar-refractivity contribution in [1.82, 2.24) is 56.1 Å². The van der Waals surface area contributed by atoms with Crippen molar-refractivity contribution in [2.45, 2.75) is 58.8 Å². The molecular formula is C47H60N12O2S. The number of nitrogens with zero attached hydrogens (tertiary/aromatic N) is 9. The Kier molecular flexibility index (Phi) is 16.6. The van der Waals surface area contributed by atoms with E-state index in [4.69, 9.17) is 4.98 Å². The van der Waals surface area contributed by atoms with Crippen LogP contribution in [0.1, 0.15) is 38.8 Å². The summed E-state index contributed by atoms with van der Waals surface area (Å²) in [6.07, 6.45) is 5.40. The molecule has 4 heterocycles. The van der Waals surface area contributed by atoms with Crippen molar-refractivity contribution in [3.63, 3.8) is 0 Å². The number of hydrogen-bond acceptors (Lipinski definition) is 13. The molecule has 0 unspecified atom stereocenters. The van der Waals surface area contributed by atoms with Crippen LogP contribution in [0.25, 0.3) is 44.1 Å². The summed E-state index contributed by atoms with van der Waals surface area (Å²) in [4.78, 5) is 39.2. The lowest BCUT2D eigenvalue weighted by Gasteiger charge is -2.34. The van der Waals surface area contributed by atoms with Crippen molar-refractivity contribution in [3.8, 4) is 22.5 Å². The Bertz CT molecular complexity index is 2420. The molecule has 3 N–H and O–H groups in total. The van der Waals surface area contributed by atoms with Gasteiger partial charge in [-0.25, -0.2) is 9.97 Å². The van der Waals surface area contributed by atoms with Gasteiger partial charge in [-0.3, -0.25) is 19.4 Å². The Balaban J connectivity index is 0.000000171. The van der Waals surface area contributed by atoms with Crippen LogP contribution in [0, 0.1) is 13.8 Å². The van der Waals surface area contributed by atoms with E-state index in [9.17, 15) is 9.59 Å². The fourth-order valence-electron chi connectivity index (χ4n) is 7.44. The first-order valence-electron chi connectivity index (χ1n) is 21.4. The van der Waals surface area contributed by atoms with Gasteiger partial charge in [-0.15, -0.1) is 10.2 Å². The van der Waals surface area contributed by atoms with E-state index < -0.39 is 0 Å². The number of fused-ring (bicyclic) bond motifs is 2. The zero-order chi connectivity index (χ0) is 44.0. The van der Waals surface area contributed by atoms with Crippen LogP contribution in [0.4, 0.5) is 5.95 Å². The lowest BCUT2D eigenvalue weighted by Crippen LogP contribution is -2.50. The maximum atomic E-state index is 12.0. The highest BCUT2D eigenvalue weighted by Crippen LogP contribution is 2.29. The van der Waals surface area contributed by atoms with Gasteiger partial charge >= 0.3 is 0 Å². The molecule has 2 aliphatic heterocycles. The summed E-state index contributed by atoms with van der Waals surface area (Å²) in [5.74, 6) is 0.855. The van der Waals surface area contributed by atoms with Crippen molar-refractivity contribution < 1.29 is 9.59 Å². The standard InChI is InChI=1S/C23H28N6O.C15H13N3S.C9H19N3O/c1-16(2)25-22(30)15-28-8-10-29(11-9-28)23-26-21(14-24-27-23)20-13-19-7-5-4-6-18(19)12-17(20)3;1-10-7-11-5-3-4-6-12(11)8-13(10)14-9-16-18-15(17-14)19-2;1-8(2)11-9(13)7-12-5-3-10-4-6-12/h4-7,12-14,16H,8-11,15H2,1-3H3,(H,25,30);3-9H,1-2H3;8,10H,3-7H2,1-2H3,(H,11,13). The van der Waals surface area contributed by atoms with E-state index in [1.165, 1.54) is 44.4 Å². The average Bonchev–Trinajstić information content (AvgIpc) is 3.26. The average molecular weight is 857 g/mol. The largest absolute Gasteiger partial charge is 0.353 e. The highest BCUT2D eigenvalue weighted by atomic mass is 32.2. The van der Waals surface area contributed by atoms with Crippen molar-refractivity contribution in [2.24, 2.45) is 0 Å². The fourth-order valence-corrected chi connectivity index (χ4v) is 7.76. The summed E-state index contributed by atoms with van der Waals surface area (Å²) in [5, 5.41) is 31.2. The number of carbonyl (C=O) groups excluding carboxylic acids is 2. The summed E-state index contributed by atoms with van der Waals surface area (Å²) in [6.45, 7) is 20.2. The Morgan fingerprint density at radius 2 is 1.10 bits per heavy atom. The zero-order valence-corrected chi connectivity index (χ0v) is 37.9. The topological polar surface area (TPSA) is 157 Å². The van der Waals surface area contributed by atoms with Crippen LogP contribution < -0.4 is 20.9 Å². The van der Waals surface area contributed by atoms with Crippen molar-refractivity contribution in [2.75, 3.05) is 76.6 Å². The molecule has 14 nitrogen and oxygen atoms in total. The van der Waals surface area contributed by atoms with E-state index >= 15 is 0 Å². The minimum atomic E-state index is 0.0742. The Morgan fingerprint density at radius 1 is 0.645 bits per heavy atom. The molecule has 62 heavy (non-hydrogen) atoms. The smallest absolute Gasteiger partial charge is 0.245 e. The molecule has 0 saturated carbocycles. The number of aryl methyl sites for hydroxylation is 2. The maximum Gasteiger partial charge on any atom is 0.245 e. The third kappa shape index (κ3) is 13.2. The first kappa shape index (κ1) is 45.9. The highest BCUT2D eigenvalue weighted by Gasteiger charge is 2.22. The second-order valence-electron chi connectivity index (χ2n) is 16.2. The highest BCUT2D eigenvalue weighted by molar-refractivity contribution is 7.98. The Labute approximate surface area is 369 Å².